The predicted molar refractivity (Wildman–Crippen MR) is 50.7 cm³/mol. The van der Waals surface area contributed by atoms with E-state index in [2.05, 4.69) is 20.9 Å². The van der Waals surface area contributed by atoms with Gasteiger partial charge in [-0.1, -0.05) is 0 Å². The van der Waals surface area contributed by atoms with Gasteiger partial charge in [-0.3, -0.25) is 0 Å². The number of fused-ring (bicyclic) bond motifs is 1. The van der Waals surface area contributed by atoms with E-state index >= 15 is 0 Å². The van der Waals surface area contributed by atoms with Crippen LogP contribution in [0.5, 0.6) is 0 Å². The number of nitrogens with two attached hydrogens (primary N) is 1. The maximum Gasteiger partial charge on any atom is 0.151 e. The quantitative estimate of drug-likeness (QED) is 0.829. The molecule has 13 heavy (non-hydrogen) atoms. The zero-order valence-electron chi connectivity index (χ0n) is 6.67. The van der Waals surface area contributed by atoms with Crippen LogP contribution in [0.3, 0.4) is 0 Å². The summed E-state index contributed by atoms with van der Waals surface area (Å²) in [6, 6.07) is 1.38. The largest absolute Gasteiger partial charge is 0.325 e. The molecule has 0 atom stereocenters. The first-order chi connectivity index (χ1) is 6.20. The van der Waals surface area contributed by atoms with Gasteiger partial charge in [0.05, 0.1) is 10.2 Å². The first kappa shape index (κ1) is 8.65. The molecule has 0 radical (unpaired) electrons. The average molecular weight is 244 g/mol. The van der Waals surface area contributed by atoms with Gasteiger partial charge >= 0.3 is 0 Å². The van der Waals surface area contributed by atoms with Gasteiger partial charge in [-0.05, 0) is 22.0 Å². The standard InChI is InChI=1S/C8H7BrFN3/c9-7-1-5(10)3-13-4-6(2-11)12-8(7)13/h1,3-4H,2,11H2. The summed E-state index contributed by atoms with van der Waals surface area (Å²) < 4.78 is 15.1. The molecule has 2 aromatic heterocycles. The van der Waals surface area contributed by atoms with Crippen molar-refractivity contribution in [2.75, 3.05) is 0 Å². The van der Waals surface area contributed by atoms with E-state index in [-0.39, 0.29) is 5.82 Å². The number of rotatable bonds is 1. The normalized spacial score (nSPS) is 11.0. The first-order valence-corrected chi connectivity index (χ1v) is 4.52. The lowest BCUT2D eigenvalue weighted by atomic mass is 10.4. The van der Waals surface area contributed by atoms with E-state index in [1.807, 2.05) is 0 Å². The summed E-state index contributed by atoms with van der Waals surface area (Å²) in [7, 11) is 0. The van der Waals surface area contributed by atoms with Crippen LogP contribution in [0.15, 0.2) is 22.9 Å². The zero-order chi connectivity index (χ0) is 9.42. The molecule has 2 aromatic rings. The molecule has 0 bridgehead atoms. The lowest BCUT2D eigenvalue weighted by Crippen LogP contribution is -1.95. The van der Waals surface area contributed by atoms with Crippen molar-refractivity contribution in [3.63, 3.8) is 0 Å². The molecule has 0 spiro atoms. The highest BCUT2D eigenvalue weighted by Crippen LogP contribution is 2.18. The Morgan fingerprint density at radius 3 is 3.00 bits per heavy atom. The van der Waals surface area contributed by atoms with Gasteiger partial charge in [0, 0.05) is 18.9 Å². The minimum absolute atomic E-state index is 0.305. The van der Waals surface area contributed by atoms with Gasteiger partial charge in [0.2, 0.25) is 0 Å². The Morgan fingerprint density at radius 1 is 1.54 bits per heavy atom. The van der Waals surface area contributed by atoms with Gasteiger partial charge in [-0.25, -0.2) is 9.37 Å². The summed E-state index contributed by atoms with van der Waals surface area (Å²) in [5.74, 6) is -0.305. The molecule has 2 rings (SSSR count). The summed E-state index contributed by atoms with van der Waals surface area (Å²) in [5, 5.41) is 0. The topological polar surface area (TPSA) is 43.3 Å². The molecule has 0 aliphatic heterocycles. The maximum absolute atomic E-state index is 12.9. The number of hydrogen-bond donors (Lipinski definition) is 1. The number of pyridine rings is 1. The Morgan fingerprint density at radius 2 is 2.31 bits per heavy atom. The average Bonchev–Trinajstić information content (AvgIpc) is 2.47. The Labute approximate surface area is 82.5 Å². The molecule has 2 heterocycles. The Balaban J connectivity index is 2.75. The fraction of sp³-hybridized carbons (Fsp3) is 0.125. The van der Waals surface area contributed by atoms with E-state index in [9.17, 15) is 4.39 Å². The van der Waals surface area contributed by atoms with Gasteiger partial charge in [0.1, 0.15) is 5.82 Å². The van der Waals surface area contributed by atoms with Gasteiger partial charge in [0.25, 0.3) is 0 Å². The molecule has 5 heteroatoms. The third kappa shape index (κ3) is 1.45. The summed E-state index contributed by atoms with van der Waals surface area (Å²) in [6.45, 7) is 0.357. The summed E-state index contributed by atoms with van der Waals surface area (Å²) in [6.07, 6.45) is 3.08. The van der Waals surface area contributed by atoms with Crippen LogP contribution in [0.1, 0.15) is 5.69 Å². The molecule has 0 aliphatic rings. The van der Waals surface area contributed by atoms with Crippen LogP contribution in [0.4, 0.5) is 4.39 Å². The van der Waals surface area contributed by atoms with Gasteiger partial charge in [0.15, 0.2) is 5.65 Å². The highest BCUT2D eigenvalue weighted by molar-refractivity contribution is 9.10. The van der Waals surface area contributed by atoms with E-state index in [0.717, 1.165) is 5.69 Å². The number of aromatic nitrogens is 2. The predicted octanol–water partition coefficient (Wildman–Crippen LogP) is 1.69. The molecule has 3 nitrogen and oxygen atoms in total. The summed E-state index contributed by atoms with van der Waals surface area (Å²) in [5.41, 5.74) is 6.84. The molecule has 0 saturated heterocycles. The minimum Gasteiger partial charge on any atom is -0.325 e. The molecule has 0 aliphatic carbocycles. The second kappa shape index (κ2) is 3.08. The molecular weight excluding hydrogens is 237 g/mol. The number of imidazole rings is 1. The van der Waals surface area contributed by atoms with Crippen LogP contribution >= 0.6 is 15.9 Å². The van der Waals surface area contributed by atoms with E-state index < -0.39 is 0 Å². The van der Waals surface area contributed by atoms with Crippen LogP contribution in [-0.2, 0) is 6.54 Å². The van der Waals surface area contributed by atoms with Crippen LogP contribution in [0.25, 0.3) is 5.65 Å². The fourth-order valence-corrected chi connectivity index (χ4v) is 1.69. The van der Waals surface area contributed by atoms with Crippen molar-refractivity contribution in [1.82, 2.24) is 9.38 Å². The SMILES string of the molecule is NCc1cn2cc(F)cc(Br)c2n1. The molecular formula is C8H7BrFN3. The Bertz CT molecular complexity index is 452. The lowest BCUT2D eigenvalue weighted by Gasteiger charge is -1.95. The number of halogens is 2. The summed E-state index contributed by atoms with van der Waals surface area (Å²) in [4.78, 5) is 4.20. The summed E-state index contributed by atoms with van der Waals surface area (Å²) >= 11 is 3.23. The Kier molecular flexibility index (Phi) is 2.05. The smallest absolute Gasteiger partial charge is 0.151 e. The lowest BCUT2D eigenvalue weighted by molar-refractivity contribution is 0.618. The van der Waals surface area contributed by atoms with Crippen molar-refractivity contribution in [3.05, 3.63) is 34.4 Å². The van der Waals surface area contributed by atoms with E-state index in [4.69, 9.17) is 5.73 Å². The highest BCUT2D eigenvalue weighted by atomic mass is 79.9. The molecule has 68 valence electrons. The minimum atomic E-state index is -0.305. The van der Waals surface area contributed by atoms with Crippen LogP contribution in [-0.4, -0.2) is 9.38 Å². The van der Waals surface area contributed by atoms with Gasteiger partial charge < -0.3 is 10.1 Å². The molecule has 0 amide bonds. The third-order valence-electron chi connectivity index (χ3n) is 1.73. The molecule has 0 saturated carbocycles. The van der Waals surface area contributed by atoms with Crippen molar-refractivity contribution in [2.45, 2.75) is 6.54 Å². The van der Waals surface area contributed by atoms with Crippen molar-refractivity contribution in [3.8, 4) is 0 Å². The number of hydrogen-bond acceptors (Lipinski definition) is 2. The van der Waals surface area contributed by atoms with Crippen LogP contribution < -0.4 is 5.73 Å². The maximum atomic E-state index is 12.9. The molecule has 0 fully saturated rings. The first-order valence-electron chi connectivity index (χ1n) is 3.73. The van der Waals surface area contributed by atoms with E-state index in [1.165, 1.54) is 12.3 Å². The fourth-order valence-electron chi connectivity index (χ4n) is 1.17. The molecule has 0 aromatic carbocycles. The van der Waals surface area contributed by atoms with Crippen molar-refractivity contribution < 1.29 is 4.39 Å². The van der Waals surface area contributed by atoms with Crippen molar-refractivity contribution >= 4 is 21.6 Å². The van der Waals surface area contributed by atoms with E-state index in [0.29, 0.717) is 16.7 Å². The van der Waals surface area contributed by atoms with Gasteiger partial charge in [-0.15, -0.1) is 0 Å². The second-order valence-electron chi connectivity index (χ2n) is 2.67. The molecule has 2 N–H and O–H groups in total. The Hall–Kier alpha value is -0.940. The van der Waals surface area contributed by atoms with Crippen molar-refractivity contribution in [2.24, 2.45) is 5.73 Å². The molecule has 0 unspecified atom stereocenters. The van der Waals surface area contributed by atoms with Crippen LogP contribution in [0, 0.1) is 5.82 Å². The van der Waals surface area contributed by atoms with Gasteiger partial charge in [-0.2, -0.15) is 0 Å². The zero-order valence-corrected chi connectivity index (χ0v) is 8.25. The number of nitrogens with zero attached hydrogens (tertiary/aromatic N) is 2. The highest BCUT2D eigenvalue weighted by Gasteiger charge is 2.05. The monoisotopic (exact) mass is 243 g/mol. The van der Waals surface area contributed by atoms with Crippen LogP contribution in [0.2, 0.25) is 0 Å². The van der Waals surface area contributed by atoms with E-state index in [1.54, 1.807) is 10.6 Å². The third-order valence-corrected chi connectivity index (χ3v) is 2.32. The second-order valence-corrected chi connectivity index (χ2v) is 3.53. The van der Waals surface area contributed by atoms with Crippen molar-refractivity contribution in [1.29, 1.82) is 0 Å².